The largest absolute Gasteiger partial charge is 0.340 e. The van der Waals surface area contributed by atoms with Gasteiger partial charge < -0.3 is 4.57 Å². The number of hydrogen-bond acceptors (Lipinski definition) is 2. The Morgan fingerprint density at radius 1 is 1.11 bits per heavy atom. The van der Waals surface area contributed by atoms with Crippen LogP contribution in [0.15, 0.2) is 53.4 Å². The van der Waals surface area contributed by atoms with Gasteiger partial charge in [0.05, 0.1) is 10.3 Å². The lowest BCUT2D eigenvalue weighted by Gasteiger charge is -2.26. The summed E-state index contributed by atoms with van der Waals surface area (Å²) in [6.45, 7) is 3.35. The van der Waals surface area contributed by atoms with Gasteiger partial charge in [0.2, 0.25) is 0 Å². The van der Waals surface area contributed by atoms with Crippen LogP contribution in [0.4, 0.5) is 0 Å². The molecule has 0 amide bonds. The van der Waals surface area contributed by atoms with E-state index in [0.717, 1.165) is 25.1 Å². The SMILES string of the molecule is C#CCCCSC1Sc2ccccc2-c2c1c1ccccc1n2CCCC. The highest BCUT2D eigenvalue weighted by atomic mass is 32.2. The minimum atomic E-state index is 0.431. The molecule has 1 aromatic heterocycles. The molecule has 4 rings (SSSR count). The van der Waals surface area contributed by atoms with Crippen LogP contribution in [-0.2, 0) is 6.54 Å². The van der Waals surface area contributed by atoms with Crippen molar-refractivity contribution < 1.29 is 0 Å². The molecule has 0 bridgehead atoms. The molecule has 2 aromatic carbocycles. The summed E-state index contributed by atoms with van der Waals surface area (Å²) in [5, 5.41) is 1.42. The van der Waals surface area contributed by atoms with Gasteiger partial charge in [0.15, 0.2) is 0 Å². The lowest BCUT2D eigenvalue weighted by molar-refractivity contribution is 0.653. The Bertz CT molecular complexity index is 980. The Hall–Kier alpha value is -1.76. The molecule has 3 heteroatoms. The van der Waals surface area contributed by atoms with Crippen molar-refractivity contribution in [1.29, 1.82) is 0 Å². The number of thioether (sulfide) groups is 2. The fourth-order valence-electron chi connectivity index (χ4n) is 3.83. The van der Waals surface area contributed by atoms with Gasteiger partial charge >= 0.3 is 0 Å². The van der Waals surface area contributed by atoms with E-state index >= 15 is 0 Å². The lowest BCUT2D eigenvalue weighted by atomic mass is 10.1. The van der Waals surface area contributed by atoms with Crippen molar-refractivity contribution in [3.63, 3.8) is 0 Å². The first-order chi connectivity index (χ1) is 13.3. The van der Waals surface area contributed by atoms with Crippen LogP contribution in [0.25, 0.3) is 22.2 Å². The first-order valence-electron chi connectivity index (χ1n) is 9.77. The monoisotopic (exact) mass is 391 g/mol. The number of unbranched alkanes of at least 4 members (excludes halogenated alkanes) is 2. The topological polar surface area (TPSA) is 4.93 Å². The van der Waals surface area contributed by atoms with Crippen LogP contribution in [0, 0.1) is 12.3 Å². The van der Waals surface area contributed by atoms with Crippen LogP contribution in [0.1, 0.15) is 42.8 Å². The highest BCUT2D eigenvalue weighted by molar-refractivity contribution is 8.16. The van der Waals surface area contributed by atoms with Crippen LogP contribution in [0.2, 0.25) is 0 Å². The summed E-state index contributed by atoms with van der Waals surface area (Å²) in [5.41, 5.74) is 5.72. The van der Waals surface area contributed by atoms with Gasteiger partial charge in [-0.05, 0) is 30.7 Å². The van der Waals surface area contributed by atoms with Gasteiger partial charge in [-0.15, -0.1) is 35.9 Å². The van der Waals surface area contributed by atoms with Crippen LogP contribution in [0.3, 0.4) is 0 Å². The Balaban J connectivity index is 1.85. The summed E-state index contributed by atoms with van der Waals surface area (Å²) >= 11 is 4.06. The summed E-state index contributed by atoms with van der Waals surface area (Å²) in [4.78, 5) is 1.40. The molecule has 1 unspecified atom stereocenters. The summed E-state index contributed by atoms with van der Waals surface area (Å²) in [5.74, 6) is 3.88. The summed E-state index contributed by atoms with van der Waals surface area (Å²) < 4.78 is 3.00. The Morgan fingerprint density at radius 3 is 2.78 bits per heavy atom. The third-order valence-corrected chi connectivity index (χ3v) is 7.91. The van der Waals surface area contributed by atoms with E-state index in [9.17, 15) is 0 Å². The molecule has 138 valence electrons. The molecule has 0 saturated heterocycles. The number of aromatic nitrogens is 1. The Labute approximate surface area is 170 Å². The van der Waals surface area contributed by atoms with Crippen LogP contribution >= 0.6 is 23.5 Å². The average Bonchev–Trinajstić information content (AvgIpc) is 3.04. The first kappa shape index (κ1) is 18.6. The smallest absolute Gasteiger partial charge is 0.0825 e. The summed E-state index contributed by atoms with van der Waals surface area (Å²) in [6, 6.07) is 17.8. The first-order valence-corrected chi connectivity index (χ1v) is 11.7. The number of benzene rings is 2. The number of nitrogens with zero attached hydrogens (tertiary/aromatic N) is 1. The van der Waals surface area contributed by atoms with Crippen molar-refractivity contribution in [2.75, 3.05) is 5.75 Å². The molecule has 1 nitrogen and oxygen atoms in total. The van der Waals surface area contributed by atoms with Gasteiger partial charge in [0, 0.05) is 39.9 Å². The van der Waals surface area contributed by atoms with E-state index in [0.29, 0.717) is 4.58 Å². The van der Waals surface area contributed by atoms with E-state index in [-0.39, 0.29) is 0 Å². The zero-order valence-electron chi connectivity index (χ0n) is 15.8. The predicted molar refractivity (Wildman–Crippen MR) is 121 cm³/mol. The lowest BCUT2D eigenvalue weighted by Crippen LogP contribution is -2.06. The molecule has 2 heterocycles. The van der Waals surface area contributed by atoms with Crippen molar-refractivity contribution in [3.05, 3.63) is 54.1 Å². The molecular formula is C24H25NS2. The van der Waals surface area contributed by atoms with Crippen molar-refractivity contribution in [2.45, 2.75) is 48.6 Å². The number of hydrogen-bond donors (Lipinski definition) is 0. The maximum atomic E-state index is 5.44. The fourth-order valence-corrected chi connectivity index (χ4v) is 6.67. The van der Waals surface area contributed by atoms with Crippen LogP contribution in [0.5, 0.6) is 0 Å². The normalized spacial score (nSPS) is 15.3. The molecule has 27 heavy (non-hydrogen) atoms. The molecule has 1 aliphatic rings. The highest BCUT2D eigenvalue weighted by Crippen LogP contribution is 2.56. The van der Waals surface area contributed by atoms with E-state index in [2.05, 4.69) is 65.9 Å². The second-order valence-corrected chi connectivity index (χ2v) is 9.57. The van der Waals surface area contributed by atoms with Gasteiger partial charge in [-0.1, -0.05) is 49.7 Å². The second kappa shape index (κ2) is 8.50. The second-order valence-electron chi connectivity index (χ2n) is 6.91. The third kappa shape index (κ3) is 3.53. The van der Waals surface area contributed by atoms with Gasteiger partial charge in [0.1, 0.15) is 0 Å². The molecule has 0 saturated carbocycles. The summed E-state index contributed by atoms with van der Waals surface area (Å²) in [6.07, 6.45) is 9.82. The number of fused-ring (bicyclic) bond motifs is 5. The molecular weight excluding hydrogens is 366 g/mol. The third-order valence-electron chi connectivity index (χ3n) is 5.09. The van der Waals surface area contributed by atoms with E-state index in [1.165, 1.54) is 45.5 Å². The Morgan fingerprint density at radius 2 is 1.93 bits per heavy atom. The fraction of sp³-hybridized carbons (Fsp3) is 0.333. The van der Waals surface area contributed by atoms with Crippen molar-refractivity contribution in [2.24, 2.45) is 0 Å². The van der Waals surface area contributed by atoms with Crippen LogP contribution < -0.4 is 0 Å². The standard InChI is InChI=1S/C24H25NS2/c1-3-5-11-17-26-24-22-18-12-7-9-14-20(18)25(16-6-4-2)23(22)19-13-8-10-15-21(19)27-24/h1,7-10,12-15,24H,4-6,11,16-17H2,2H3. The molecule has 0 N–H and O–H groups in total. The molecule has 1 atom stereocenters. The number of para-hydroxylation sites is 1. The maximum Gasteiger partial charge on any atom is 0.0825 e. The van der Waals surface area contributed by atoms with E-state index in [1.807, 2.05) is 23.5 Å². The van der Waals surface area contributed by atoms with E-state index < -0.39 is 0 Å². The van der Waals surface area contributed by atoms with Crippen LogP contribution in [-0.4, -0.2) is 10.3 Å². The van der Waals surface area contributed by atoms with Crippen molar-refractivity contribution in [3.8, 4) is 23.6 Å². The molecule has 3 aromatic rings. The summed E-state index contributed by atoms with van der Waals surface area (Å²) in [7, 11) is 0. The maximum absolute atomic E-state index is 5.44. The average molecular weight is 392 g/mol. The molecule has 0 spiro atoms. The zero-order valence-corrected chi connectivity index (χ0v) is 17.4. The van der Waals surface area contributed by atoms with Gasteiger partial charge in [-0.25, -0.2) is 0 Å². The minimum Gasteiger partial charge on any atom is -0.340 e. The predicted octanol–water partition coefficient (Wildman–Crippen LogP) is 7.36. The number of aryl methyl sites for hydroxylation is 1. The Kier molecular flexibility index (Phi) is 5.86. The van der Waals surface area contributed by atoms with Gasteiger partial charge in [0.25, 0.3) is 0 Å². The number of rotatable bonds is 7. The zero-order chi connectivity index (χ0) is 18.6. The molecule has 0 radical (unpaired) electrons. The minimum absolute atomic E-state index is 0.431. The van der Waals surface area contributed by atoms with E-state index in [1.54, 1.807) is 0 Å². The van der Waals surface area contributed by atoms with Gasteiger partial charge in [-0.2, -0.15) is 0 Å². The molecule has 1 aliphatic heterocycles. The van der Waals surface area contributed by atoms with Crippen molar-refractivity contribution >= 4 is 34.4 Å². The van der Waals surface area contributed by atoms with Crippen molar-refractivity contribution in [1.82, 2.24) is 4.57 Å². The quantitative estimate of drug-likeness (QED) is 0.306. The number of terminal acetylenes is 1. The molecule has 0 aliphatic carbocycles. The molecule has 0 fully saturated rings. The van der Waals surface area contributed by atoms with E-state index in [4.69, 9.17) is 6.42 Å². The highest BCUT2D eigenvalue weighted by Gasteiger charge is 2.31. The van der Waals surface area contributed by atoms with Gasteiger partial charge in [-0.3, -0.25) is 0 Å².